The topological polar surface area (TPSA) is 73.6 Å². The Balaban J connectivity index is 0.00000441. The zero-order valence-corrected chi connectivity index (χ0v) is 14.7. The summed E-state index contributed by atoms with van der Waals surface area (Å²) >= 11 is 0. The summed E-state index contributed by atoms with van der Waals surface area (Å²) in [5.41, 5.74) is 5.64. The summed E-state index contributed by atoms with van der Waals surface area (Å²) < 4.78 is 10.8. The van der Waals surface area contributed by atoms with Crippen LogP contribution < -0.4 is 20.5 Å². The molecular formula is C16H27ClN2O3. The minimum Gasteiger partial charge on any atom is -0.497 e. The quantitative estimate of drug-likeness (QED) is 0.840. The first kappa shape index (κ1) is 20.5. The molecule has 1 aromatic carbocycles. The number of rotatable bonds is 6. The highest BCUT2D eigenvalue weighted by Gasteiger charge is 2.27. The summed E-state index contributed by atoms with van der Waals surface area (Å²) in [5.74, 6) is 1.35. The van der Waals surface area contributed by atoms with Crippen molar-refractivity contribution in [1.29, 1.82) is 0 Å². The maximum Gasteiger partial charge on any atom is 0.237 e. The minimum atomic E-state index is -0.536. The zero-order chi connectivity index (χ0) is 16.0. The van der Waals surface area contributed by atoms with Gasteiger partial charge in [-0.3, -0.25) is 4.79 Å². The van der Waals surface area contributed by atoms with Gasteiger partial charge < -0.3 is 20.5 Å². The minimum absolute atomic E-state index is 0. The molecule has 0 aliphatic rings. The number of carbonyl (C=O) groups is 1. The third-order valence-electron chi connectivity index (χ3n) is 3.18. The Labute approximate surface area is 139 Å². The average molecular weight is 331 g/mol. The molecule has 1 amide bonds. The number of amides is 1. The predicted molar refractivity (Wildman–Crippen MR) is 90.8 cm³/mol. The van der Waals surface area contributed by atoms with Crippen LogP contribution in [0, 0.1) is 5.41 Å². The highest BCUT2D eigenvalue weighted by molar-refractivity contribution is 5.85. The Morgan fingerprint density at radius 1 is 1.23 bits per heavy atom. The molecule has 126 valence electrons. The van der Waals surface area contributed by atoms with Gasteiger partial charge in [0.05, 0.1) is 19.7 Å². The molecule has 5 nitrogen and oxygen atoms in total. The molecule has 0 heterocycles. The molecule has 0 aliphatic heterocycles. The van der Waals surface area contributed by atoms with Gasteiger partial charge in [-0.25, -0.2) is 0 Å². The van der Waals surface area contributed by atoms with E-state index < -0.39 is 6.04 Å². The van der Waals surface area contributed by atoms with Gasteiger partial charge in [-0.1, -0.05) is 20.8 Å². The Morgan fingerprint density at radius 3 is 2.18 bits per heavy atom. The van der Waals surface area contributed by atoms with Crippen molar-refractivity contribution in [2.24, 2.45) is 11.1 Å². The molecule has 2 atom stereocenters. The van der Waals surface area contributed by atoms with Gasteiger partial charge in [0, 0.05) is 0 Å². The van der Waals surface area contributed by atoms with E-state index >= 15 is 0 Å². The van der Waals surface area contributed by atoms with E-state index in [1.165, 1.54) is 0 Å². The first-order valence-corrected chi connectivity index (χ1v) is 7.08. The van der Waals surface area contributed by atoms with Crippen LogP contribution in [-0.4, -0.2) is 31.7 Å². The Morgan fingerprint density at radius 2 is 1.73 bits per heavy atom. The largest absolute Gasteiger partial charge is 0.497 e. The van der Waals surface area contributed by atoms with Crippen LogP contribution in [0.15, 0.2) is 24.3 Å². The number of hydrogen-bond donors (Lipinski definition) is 2. The van der Waals surface area contributed by atoms with Crippen molar-refractivity contribution in [3.8, 4) is 11.5 Å². The zero-order valence-electron chi connectivity index (χ0n) is 13.9. The predicted octanol–water partition coefficient (Wildman–Crippen LogP) is 2.37. The smallest absolute Gasteiger partial charge is 0.237 e. The van der Waals surface area contributed by atoms with Crippen LogP contribution in [0.2, 0.25) is 0 Å². The molecule has 0 aromatic heterocycles. The van der Waals surface area contributed by atoms with Gasteiger partial charge in [0.1, 0.15) is 17.6 Å². The molecule has 6 heteroatoms. The first-order chi connectivity index (χ1) is 9.74. The monoisotopic (exact) mass is 330 g/mol. The van der Waals surface area contributed by atoms with E-state index in [4.69, 9.17) is 15.2 Å². The van der Waals surface area contributed by atoms with Crippen molar-refractivity contribution in [1.82, 2.24) is 5.32 Å². The van der Waals surface area contributed by atoms with E-state index in [9.17, 15) is 4.79 Å². The number of halogens is 1. The average Bonchev–Trinajstić information content (AvgIpc) is 2.43. The van der Waals surface area contributed by atoms with Gasteiger partial charge in [-0.15, -0.1) is 12.4 Å². The summed E-state index contributed by atoms with van der Waals surface area (Å²) in [6, 6.07) is 6.79. The first-order valence-electron chi connectivity index (χ1n) is 7.08. The lowest BCUT2D eigenvalue weighted by Gasteiger charge is -2.26. The molecule has 1 aromatic rings. The molecule has 0 bridgehead atoms. The van der Waals surface area contributed by atoms with Crippen molar-refractivity contribution in [2.45, 2.75) is 39.8 Å². The standard InChI is InChI=1S/C16H26N2O3.ClH/c1-11(10-18-15(19)14(17)16(2,3)4)21-13-8-6-12(20-5)7-9-13;/h6-9,11,14H,10,17H2,1-5H3,(H,18,19);1H/t11?,14-;/m1./s1. The van der Waals surface area contributed by atoms with Gasteiger partial charge in [-0.05, 0) is 36.6 Å². The van der Waals surface area contributed by atoms with E-state index in [0.29, 0.717) is 6.54 Å². The van der Waals surface area contributed by atoms with E-state index in [2.05, 4.69) is 5.32 Å². The molecule has 0 spiro atoms. The Kier molecular flexibility index (Phi) is 8.27. The number of carbonyl (C=O) groups excluding carboxylic acids is 1. The van der Waals surface area contributed by atoms with Gasteiger partial charge in [0.25, 0.3) is 0 Å². The van der Waals surface area contributed by atoms with Crippen molar-refractivity contribution < 1.29 is 14.3 Å². The third-order valence-corrected chi connectivity index (χ3v) is 3.18. The molecule has 1 unspecified atom stereocenters. The van der Waals surface area contributed by atoms with E-state index in [1.54, 1.807) is 7.11 Å². The van der Waals surface area contributed by atoms with Gasteiger partial charge in [0.15, 0.2) is 0 Å². The number of ether oxygens (including phenoxy) is 2. The fourth-order valence-electron chi connectivity index (χ4n) is 1.68. The normalized spacial score (nSPS) is 13.5. The van der Waals surface area contributed by atoms with Crippen LogP contribution in [0.4, 0.5) is 0 Å². The lowest BCUT2D eigenvalue weighted by Crippen LogP contribution is -2.50. The van der Waals surface area contributed by atoms with E-state index in [0.717, 1.165) is 11.5 Å². The van der Waals surface area contributed by atoms with Crippen LogP contribution >= 0.6 is 12.4 Å². The fourth-order valence-corrected chi connectivity index (χ4v) is 1.68. The van der Waals surface area contributed by atoms with Crippen LogP contribution in [-0.2, 0) is 4.79 Å². The second kappa shape index (κ2) is 8.86. The molecular weight excluding hydrogens is 304 g/mol. The molecule has 0 saturated heterocycles. The number of nitrogens with two attached hydrogens (primary N) is 1. The summed E-state index contributed by atoms with van der Waals surface area (Å²) in [7, 11) is 1.62. The number of methoxy groups -OCH3 is 1. The SMILES string of the molecule is COc1ccc(OC(C)CNC(=O)[C@@H](N)C(C)(C)C)cc1.Cl. The lowest BCUT2D eigenvalue weighted by molar-refractivity contribution is -0.124. The van der Waals surface area contributed by atoms with Crippen molar-refractivity contribution in [2.75, 3.05) is 13.7 Å². The van der Waals surface area contributed by atoms with Gasteiger partial charge >= 0.3 is 0 Å². The second-order valence-corrected chi connectivity index (χ2v) is 6.19. The summed E-state index contributed by atoms with van der Waals surface area (Å²) in [4.78, 5) is 11.9. The molecule has 0 aliphatic carbocycles. The molecule has 22 heavy (non-hydrogen) atoms. The lowest BCUT2D eigenvalue weighted by atomic mass is 9.87. The molecule has 0 fully saturated rings. The van der Waals surface area contributed by atoms with Crippen LogP contribution in [0.1, 0.15) is 27.7 Å². The summed E-state index contributed by atoms with van der Waals surface area (Å²) in [6.45, 7) is 8.12. The number of nitrogens with one attached hydrogen (secondary N) is 1. The van der Waals surface area contributed by atoms with Gasteiger partial charge in [0.2, 0.25) is 5.91 Å². The molecule has 1 rings (SSSR count). The maximum atomic E-state index is 11.9. The van der Waals surface area contributed by atoms with Crippen molar-refractivity contribution in [3.63, 3.8) is 0 Å². The fraction of sp³-hybridized carbons (Fsp3) is 0.562. The maximum absolute atomic E-state index is 11.9. The summed E-state index contributed by atoms with van der Waals surface area (Å²) in [6.07, 6.45) is -0.144. The van der Waals surface area contributed by atoms with Crippen LogP contribution in [0.3, 0.4) is 0 Å². The van der Waals surface area contributed by atoms with Crippen LogP contribution in [0.5, 0.6) is 11.5 Å². The summed E-state index contributed by atoms with van der Waals surface area (Å²) in [5, 5.41) is 2.82. The number of benzene rings is 1. The molecule has 0 saturated carbocycles. The molecule has 0 radical (unpaired) electrons. The number of hydrogen-bond acceptors (Lipinski definition) is 4. The van der Waals surface area contributed by atoms with Crippen molar-refractivity contribution in [3.05, 3.63) is 24.3 Å². The Hall–Kier alpha value is -1.46. The van der Waals surface area contributed by atoms with Crippen LogP contribution in [0.25, 0.3) is 0 Å². The second-order valence-electron chi connectivity index (χ2n) is 6.19. The van der Waals surface area contributed by atoms with Gasteiger partial charge in [-0.2, -0.15) is 0 Å². The van der Waals surface area contributed by atoms with Crippen molar-refractivity contribution >= 4 is 18.3 Å². The highest BCUT2D eigenvalue weighted by Crippen LogP contribution is 2.19. The highest BCUT2D eigenvalue weighted by atomic mass is 35.5. The van der Waals surface area contributed by atoms with E-state index in [1.807, 2.05) is 52.0 Å². The van der Waals surface area contributed by atoms with E-state index in [-0.39, 0.29) is 29.8 Å². The Bertz CT molecular complexity index is 457. The third kappa shape index (κ3) is 6.54. The molecule has 3 N–H and O–H groups in total.